The maximum atomic E-state index is 12.8. The second-order valence-electron chi connectivity index (χ2n) is 7.25. The topological polar surface area (TPSA) is 57.7 Å². The fraction of sp³-hybridized carbons (Fsp3) is 0.632. The van der Waals surface area contributed by atoms with E-state index in [0.717, 1.165) is 40.3 Å². The Bertz CT molecular complexity index is 745. The Kier molecular flexibility index (Phi) is 5.37. The van der Waals surface area contributed by atoms with Crippen molar-refractivity contribution in [2.24, 2.45) is 0 Å². The van der Waals surface area contributed by atoms with Gasteiger partial charge < -0.3 is 4.90 Å². The Labute approximate surface area is 151 Å². The molecule has 1 saturated heterocycles. The molecule has 2 aliphatic rings. The summed E-state index contributed by atoms with van der Waals surface area (Å²) in [6.07, 6.45) is 6.41. The average molecular weight is 365 g/mol. The predicted molar refractivity (Wildman–Crippen MR) is 98.7 cm³/mol. The number of hydrogen-bond acceptors (Lipinski definition) is 3. The van der Waals surface area contributed by atoms with Crippen LogP contribution >= 0.6 is 0 Å². The van der Waals surface area contributed by atoms with E-state index in [1.807, 2.05) is 25.1 Å². The normalized spacial score (nSPS) is 21.4. The Morgan fingerprint density at radius 1 is 1.12 bits per heavy atom. The number of benzene rings is 1. The van der Waals surface area contributed by atoms with Crippen LogP contribution in [0.2, 0.25) is 0 Å². The van der Waals surface area contributed by atoms with Crippen LogP contribution in [0.4, 0.5) is 4.79 Å². The molecule has 1 aromatic carbocycles. The van der Waals surface area contributed by atoms with Crippen molar-refractivity contribution in [2.45, 2.75) is 65.0 Å². The number of unbranched alkanes of at least 4 members (excludes halogenated alkanes) is 5. The highest BCUT2D eigenvalue weighted by Gasteiger charge is 2.46. The molecule has 6 heteroatoms. The lowest BCUT2D eigenvalue weighted by Gasteiger charge is -2.37. The summed E-state index contributed by atoms with van der Waals surface area (Å²) >= 11 is 0. The first-order valence-electron chi connectivity index (χ1n) is 9.34. The molecule has 0 bridgehead atoms. The lowest BCUT2D eigenvalue weighted by Crippen LogP contribution is -2.53. The molecule has 1 aromatic rings. The Hall–Kier alpha value is -1.56. The first kappa shape index (κ1) is 18.2. The van der Waals surface area contributed by atoms with E-state index in [0.29, 0.717) is 13.1 Å². The molecule has 0 aromatic heterocycles. The number of aryl methyl sites for hydroxylation is 1. The lowest BCUT2D eigenvalue weighted by atomic mass is 10.0. The summed E-state index contributed by atoms with van der Waals surface area (Å²) in [6.45, 7) is 4.99. The molecule has 2 amide bonds. The van der Waals surface area contributed by atoms with Gasteiger partial charge in [0.15, 0.2) is 0 Å². The van der Waals surface area contributed by atoms with E-state index in [1.54, 1.807) is 4.90 Å². The van der Waals surface area contributed by atoms with Crippen molar-refractivity contribution >= 4 is 16.1 Å². The van der Waals surface area contributed by atoms with Gasteiger partial charge in [-0.2, -0.15) is 0 Å². The summed E-state index contributed by atoms with van der Waals surface area (Å²) in [5.41, 5.74) is 3.16. The molecule has 2 aliphatic heterocycles. The number of rotatable bonds is 7. The summed E-state index contributed by atoms with van der Waals surface area (Å²) in [4.78, 5) is 14.5. The first-order valence-corrected chi connectivity index (χ1v) is 11.0. The standard InChI is InChI=1S/C19H28N2O3S/c1-3-4-5-6-7-8-11-21-19(22)20-13-16-10-9-15(2)12-17(16)18(20)14-25(21,23)24/h9-10,12,18H,3-8,11,13-14H2,1-2H3. The van der Waals surface area contributed by atoms with Crippen molar-refractivity contribution in [3.63, 3.8) is 0 Å². The van der Waals surface area contributed by atoms with E-state index in [-0.39, 0.29) is 17.8 Å². The number of amides is 2. The van der Waals surface area contributed by atoms with Crippen LogP contribution in [0, 0.1) is 6.92 Å². The highest BCUT2D eigenvalue weighted by atomic mass is 32.2. The van der Waals surface area contributed by atoms with Crippen molar-refractivity contribution in [1.82, 2.24) is 9.21 Å². The molecule has 2 heterocycles. The minimum atomic E-state index is -3.54. The molecule has 5 nitrogen and oxygen atoms in total. The first-order chi connectivity index (χ1) is 11.9. The van der Waals surface area contributed by atoms with Gasteiger partial charge in [-0.3, -0.25) is 0 Å². The van der Waals surface area contributed by atoms with Crippen LogP contribution in [0.5, 0.6) is 0 Å². The van der Waals surface area contributed by atoms with Crippen LogP contribution in [0.1, 0.15) is 68.2 Å². The summed E-state index contributed by atoms with van der Waals surface area (Å²) in [7, 11) is -3.54. The molecule has 0 aliphatic carbocycles. The molecule has 0 saturated carbocycles. The maximum Gasteiger partial charge on any atom is 0.334 e. The van der Waals surface area contributed by atoms with Crippen LogP contribution in [-0.2, 0) is 16.6 Å². The second kappa shape index (κ2) is 7.36. The van der Waals surface area contributed by atoms with E-state index < -0.39 is 10.0 Å². The number of carbonyl (C=O) groups excluding carboxylic acids is 1. The number of carbonyl (C=O) groups is 1. The Balaban J connectivity index is 1.68. The van der Waals surface area contributed by atoms with Crippen LogP contribution in [-0.4, -0.2) is 36.0 Å². The molecule has 1 fully saturated rings. The number of urea groups is 1. The lowest BCUT2D eigenvalue weighted by molar-refractivity contribution is 0.156. The SMILES string of the molecule is CCCCCCCCN1C(=O)N2Cc3ccc(C)cc3C2CS1(=O)=O. The van der Waals surface area contributed by atoms with Crippen LogP contribution < -0.4 is 0 Å². The zero-order valence-electron chi connectivity index (χ0n) is 15.2. The number of nitrogens with zero attached hydrogens (tertiary/aromatic N) is 2. The summed E-state index contributed by atoms with van der Waals surface area (Å²) in [5, 5.41) is 0. The van der Waals surface area contributed by atoms with Crippen molar-refractivity contribution in [3.8, 4) is 0 Å². The van der Waals surface area contributed by atoms with Gasteiger partial charge in [-0.1, -0.05) is 62.8 Å². The molecule has 1 unspecified atom stereocenters. The maximum absolute atomic E-state index is 12.8. The summed E-state index contributed by atoms with van der Waals surface area (Å²) in [5.74, 6) is 0.00499. The zero-order valence-corrected chi connectivity index (χ0v) is 16.0. The Morgan fingerprint density at radius 3 is 2.60 bits per heavy atom. The van der Waals surface area contributed by atoms with Crippen molar-refractivity contribution in [1.29, 1.82) is 0 Å². The smallest absolute Gasteiger partial charge is 0.311 e. The van der Waals surface area contributed by atoms with Gasteiger partial charge in [0, 0.05) is 13.1 Å². The Morgan fingerprint density at radius 2 is 1.84 bits per heavy atom. The van der Waals surface area contributed by atoms with Gasteiger partial charge in [0.2, 0.25) is 10.0 Å². The molecule has 138 valence electrons. The highest BCUT2D eigenvalue weighted by Crippen LogP contribution is 2.39. The third-order valence-electron chi connectivity index (χ3n) is 5.26. The van der Waals surface area contributed by atoms with E-state index in [1.165, 1.54) is 19.3 Å². The minimum absolute atomic E-state index is 0.00499. The third kappa shape index (κ3) is 3.68. The van der Waals surface area contributed by atoms with E-state index in [9.17, 15) is 13.2 Å². The summed E-state index contributed by atoms with van der Waals surface area (Å²) in [6, 6.07) is 5.38. The minimum Gasteiger partial charge on any atom is -0.311 e. The van der Waals surface area contributed by atoms with Gasteiger partial charge in [0.05, 0.1) is 11.8 Å². The van der Waals surface area contributed by atoms with Crippen LogP contribution in [0.25, 0.3) is 0 Å². The molecule has 0 N–H and O–H groups in total. The van der Waals surface area contributed by atoms with Gasteiger partial charge in [0.1, 0.15) is 0 Å². The number of fused-ring (bicyclic) bond motifs is 3. The monoisotopic (exact) mass is 364 g/mol. The van der Waals surface area contributed by atoms with E-state index in [2.05, 4.69) is 6.92 Å². The molecule has 0 radical (unpaired) electrons. The van der Waals surface area contributed by atoms with Crippen molar-refractivity contribution in [3.05, 3.63) is 34.9 Å². The van der Waals surface area contributed by atoms with Gasteiger partial charge in [-0.25, -0.2) is 17.5 Å². The average Bonchev–Trinajstić information content (AvgIpc) is 2.90. The molecule has 0 spiro atoms. The quantitative estimate of drug-likeness (QED) is 0.688. The predicted octanol–water partition coefficient (Wildman–Crippen LogP) is 3.98. The van der Waals surface area contributed by atoms with Crippen LogP contribution in [0.15, 0.2) is 18.2 Å². The highest BCUT2D eigenvalue weighted by molar-refractivity contribution is 7.89. The van der Waals surface area contributed by atoms with E-state index >= 15 is 0 Å². The van der Waals surface area contributed by atoms with Gasteiger partial charge in [0.25, 0.3) is 0 Å². The van der Waals surface area contributed by atoms with Crippen molar-refractivity contribution in [2.75, 3.05) is 12.3 Å². The number of hydrogen-bond donors (Lipinski definition) is 0. The van der Waals surface area contributed by atoms with Crippen molar-refractivity contribution < 1.29 is 13.2 Å². The van der Waals surface area contributed by atoms with E-state index in [4.69, 9.17) is 0 Å². The molecular weight excluding hydrogens is 336 g/mol. The third-order valence-corrected chi connectivity index (χ3v) is 7.00. The van der Waals surface area contributed by atoms with Crippen LogP contribution in [0.3, 0.4) is 0 Å². The largest absolute Gasteiger partial charge is 0.334 e. The van der Waals surface area contributed by atoms with Gasteiger partial charge in [-0.05, 0) is 24.5 Å². The molecule has 3 rings (SSSR count). The fourth-order valence-corrected chi connectivity index (χ4v) is 5.52. The fourth-order valence-electron chi connectivity index (χ4n) is 3.83. The summed E-state index contributed by atoms with van der Waals surface area (Å²) < 4.78 is 26.5. The second-order valence-corrected chi connectivity index (χ2v) is 9.18. The molecular formula is C19H28N2O3S. The molecule has 1 atom stereocenters. The van der Waals surface area contributed by atoms with Gasteiger partial charge in [-0.15, -0.1) is 0 Å². The number of sulfonamides is 1. The molecule has 25 heavy (non-hydrogen) atoms. The van der Waals surface area contributed by atoms with Gasteiger partial charge >= 0.3 is 6.03 Å². The zero-order chi connectivity index (χ0) is 18.0.